The lowest BCUT2D eigenvalue weighted by molar-refractivity contribution is -0.120. The summed E-state index contributed by atoms with van der Waals surface area (Å²) < 4.78 is 0. The summed E-state index contributed by atoms with van der Waals surface area (Å²) in [5.41, 5.74) is 3.46. The molecule has 0 spiro atoms. The van der Waals surface area contributed by atoms with Crippen molar-refractivity contribution in [1.82, 2.24) is 4.98 Å². The number of rotatable bonds is 6. The molecule has 2 heterocycles. The molecule has 1 aliphatic rings. The van der Waals surface area contributed by atoms with Crippen molar-refractivity contribution < 1.29 is 9.90 Å². The molecule has 0 aliphatic carbocycles. The average molecular weight is 403 g/mol. The molecule has 0 radical (unpaired) electrons. The summed E-state index contributed by atoms with van der Waals surface area (Å²) in [6.45, 7) is 12.0. The number of amides is 1. The summed E-state index contributed by atoms with van der Waals surface area (Å²) in [6, 6.07) is 3.84. The second kappa shape index (κ2) is 9.06. The number of fused-ring (bicyclic) bond motifs is 1. The third kappa shape index (κ3) is 4.92. The van der Waals surface area contributed by atoms with Gasteiger partial charge in [0.2, 0.25) is 5.91 Å². The van der Waals surface area contributed by atoms with Crippen LogP contribution in [0.25, 0.3) is 0 Å². The van der Waals surface area contributed by atoms with E-state index in [9.17, 15) is 9.90 Å². The molecule has 1 amide bonds. The smallest absolute Gasteiger partial charge is 0.236 e. The zero-order chi connectivity index (χ0) is 21.1. The third-order valence-electron chi connectivity index (χ3n) is 5.08. The zero-order valence-electron chi connectivity index (χ0n) is 17.7. The van der Waals surface area contributed by atoms with Crippen molar-refractivity contribution in [2.24, 2.45) is 0 Å². The van der Waals surface area contributed by atoms with Gasteiger partial charge >= 0.3 is 0 Å². The number of pyridine rings is 1. The number of hydrogen-bond donors (Lipinski definition) is 1. The molecule has 0 saturated carbocycles. The molecule has 0 aromatic carbocycles. The first kappa shape index (κ1) is 22.4. The number of anilines is 1. The molecule has 152 valence electrons. The molecule has 28 heavy (non-hydrogen) atoms. The van der Waals surface area contributed by atoms with Gasteiger partial charge in [-0.05, 0) is 71.3 Å². The Bertz CT molecular complexity index is 831. The highest BCUT2D eigenvalue weighted by atomic mass is 35.5. The van der Waals surface area contributed by atoms with E-state index in [0.29, 0.717) is 11.5 Å². The molecule has 1 aliphatic heterocycles. The first-order valence-electron chi connectivity index (χ1n) is 9.73. The molecule has 1 atom stereocenters. The van der Waals surface area contributed by atoms with Gasteiger partial charge in [-0.1, -0.05) is 35.7 Å². The SMILES string of the molecule is CCC(C)=CC(Cl)=CC(CO)=C(C)CC1C(=O)N(C(C)(C)C)c2ncccc21. The van der Waals surface area contributed by atoms with E-state index in [-0.39, 0.29) is 24.0 Å². The Morgan fingerprint density at radius 1 is 1.32 bits per heavy atom. The van der Waals surface area contributed by atoms with E-state index in [1.165, 1.54) is 5.57 Å². The molecule has 1 aromatic rings. The molecule has 0 fully saturated rings. The van der Waals surface area contributed by atoms with Crippen molar-refractivity contribution in [3.63, 3.8) is 0 Å². The number of nitrogens with zero attached hydrogens (tertiary/aromatic N) is 2. The Morgan fingerprint density at radius 3 is 2.57 bits per heavy atom. The van der Waals surface area contributed by atoms with Crippen LogP contribution in [0.4, 0.5) is 5.82 Å². The second-order valence-electron chi connectivity index (χ2n) is 8.35. The maximum atomic E-state index is 13.2. The topological polar surface area (TPSA) is 53.4 Å². The summed E-state index contributed by atoms with van der Waals surface area (Å²) in [7, 11) is 0. The number of aliphatic hydroxyl groups is 1. The van der Waals surface area contributed by atoms with Crippen molar-refractivity contribution in [3.8, 4) is 0 Å². The Labute approximate surface area is 173 Å². The normalized spacial score (nSPS) is 19.1. The predicted octanol–water partition coefficient (Wildman–Crippen LogP) is 5.49. The number of hydrogen-bond acceptors (Lipinski definition) is 3. The van der Waals surface area contributed by atoms with Gasteiger partial charge in [0, 0.05) is 22.3 Å². The highest BCUT2D eigenvalue weighted by Crippen LogP contribution is 2.42. The van der Waals surface area contributed by atoms with E-state index in [2.05, 4.69) is 11.9 Å². The van der Waals surface area contributed by atoms with Crippen molar-refractivity contribution in [1.29, 1.82) is 0 Å². The van der Waals surface area contributed by atoms with E-state index in [1.807, 2.05) is 52.8 Å². The predicted molar refractivity (Wildman–Crippen MR) is 117 cm³/mol. The van der Waals surface area contributed by atoms with Crippen LogP contribution in [0.3, 0.4) is 0 Å². The van der Waals surface area contributed by atoms with E-state index in [0.717, 1.165) is 28.9 Å². The maximum absolute atomic E-state index is 13.2. The molecule has 5 heteroatoms. The minimum atomic E-state index is -0.349. The number of aliphatic hydroxyl groups excluding tert-OH is 1. The van der Waals surface area contributed by atoms with Crippen molar-refractivity contribution >= 4 is 23.3 Å². The van der Waals surface area contributed by atoms with Crippen LogP contribution < -0.4 is 4.90 Å². The lowest BCUT2D eigenvalue weighted by Crippen LogP contribution is -2.44. The fourth-order valence-electron chi connectivity index (χ4n) is 3.39. The molecule has 0 saturated heterocycles. The lowest BCUT2D eigenvalue weighted by Gasteiger charge is -2.32. The van der Waals surface area contributed by atoms with Crippen LogP contribution in [0.1, 0.15) is 65.9 Å². The highest BCUT2D eigenvalue weighted by Gasteiger charge is 2.43. The van der Waals surface area contributed by atoms with Crippen molar-refractivity contribution in [2.45, 2.75) is 65.8 Å². The Hall–Kier alpha value is -1.91. The Balaban J connectivity index is 2.39. The third-order valence-corrected chi connectivity index (χ3v) is 5.29. The molecule has 2 rings (SSSR count). The van der Waals surface area contributed by atoms with Crippen LogP contribution in [0.2, 0.25) is 0 Å². The number of allylic oxidation sites excluding steroid dienone is 4. The van der Waals surface area contributed by atoms with Crippen molar-refractivity contribution in [2.75, 3.05) is 11.5 Å². The molecule has 0 bridgehead atoms. The fraction of sp³-hybridized carbons (Fsp3) is 0.478. The van der Waals surface area contributed by atoms with E-state index >= 15 is 0 Å². The van der Waals surface area contributed by atoms with E-state index in [1.54, 1.807) is 17.2 Å². The fourth-order valence-corrected chi connectivity index (χ4v) is 3.71. The number of carbonyl (C=O) groups is 1. The molecular formula is C23H31ClN2O2. The van der Waals surface area contributed by atoms with Crippen LogP contribution in [0.15, 0.2) is 52.2 Å². The average Bonchev–Trinajstić information content (AvgIpc) is 2.91. The largest absolute Gasteiger partial charge is 0.392 e. The van der Waals surface area contributed by atoms with Gasteiger partial charge in [0.15, 0.2) is 0 Å². The van der Waals surface area contributed by atoms with Gasteiger partial charge in [0.1, 0.15) is 5.82 Å². The van der Waals surface area contributed by atoms with Gasteiger partial charge in [0.25, 0.3) is 0 Å². The van der Waals surface area contributed by atoms with Gasteiger partial charge in [-0.25, -0.2) is 4.98 Å². The van der Waals surface area contributed by atoms with Crippen LogP contribution in [-0.4, -0.2) is 28.1 Å². The van der Waals surface area contributed by atoms with Gasteiger partial charge in [0.05, 0.1) is 12.5 Å². The highest BCUT2D eigenvalue weighted by molar-refractivity contribution is 6.31. The molecule has 1 unspecified atom stereocenters. The Kier molecular flexibility index (Phi) is 7.24. The van der Waals surface area contributed by atoms with Gasteiger partial charge in [-0.15, -0.1) is 0 Å². The minimum Gasteiger partial charge on any atom is -0.392 e. The minimum absolute atomic E-state index is 0.0506. The summed E-state index contributed by atoms with van der Waals surface area (Å²) in [5, 5.41) is 10.4. The standard InChI is InChI=1S/C23H31ClN2O2/c1-7-15(2)11-18(24)13-17(14-27)16(3)12-20-19-9-8-10-25-21(19)26(22(20)28)23(4,5)6/h8-11,13,20,27H,7,12,14H2,1-6H3. The Morgan fingerprint density at radius 2 is 2.00 bits per heavy atom. The number of carbonyl (C=O) groups excluding carboxylic acids is 1. The second-order valence-corrected chi connectivity index (χ2v) is 8.79. The van der Waals surface area contributed by atoms with Crippen LogP contribution >= 0.6 is 11.6 Å². The van der Waals surface area contributed by atoms with Crippen molar-refractivity contribution in [3.05, 3.63) is 57.8 Å². The van der Waals surface area contributed by atoms with E-state index in [4.69, 9.17) is 11.6 Å². The number of aromatic nitrogens is 1. The van der Waals surface area contributed by atoms with Crippen LogP contribution in [0, 0.1) is 0 Å². The van der Waals surface area contributed by atoms with E-state index < -0.39 is 0 Å². The monoisotopic (exact) mass is 402 g/mol. The molecule has 1 aromatic heterocycles. The molecule has 4 nitrogen and oxygen atoms in total. The molecular weight excluding hydrogens is 372 g/mol. The first-order valence-corrected chi connectivity index (χ1v) is 10.1. The lowest BCUT2D eigenvalue weighted by atomic mass is 9.92. The first-order chi connectivity index (χ1) is 13.1. The van der Waals surface area contributed by atoms with Gasteiger partial charge in [-0.3, -0.25) is 9.69 Å². The number of halogens is 1. The summed E-state index contributed by atoms with van der Waals surface area (Å²) in [6.07, 6.45) is 6.87. The maximum Gasteiger partial charge on any atom is 0.236 e. The van der Waals surface area contributed by atoms with Crippen LogP contribution in [0.5, 0.6) is 0 Å². The van der Waals surface area contributed by atoms with Gasteiger partial charge < -0.3 is 5.11 Å². The zero-order valence-corrected chi connectivity index (χ0v) is 18.5. The summed E-state index contributed by atoms with van der Waals surface area (Å²) in [4.78, 5) is 19.5. The molecule has 1 N–H and O–H groups in total. The van der Waals surface area contributed by atoms with Crippen LogP contribution in [-0.2, 0) is 4.79 Å². The summed E-state index contributed by atoms with van der Waals surface area (Å²) >= 11 is 6.34. The quantitative estimate of drug-likeness (QED) is 0.640. The van der Waals surface area contributed by atoms with Gasteiger partial charge in [-0.2, -0.15) is 0 Å². The summed E-state index contributed by atoms with van der Waals surface area (Å²) in [5.74, 6) is 0.484.